The quantitative estimate of drug-likeness (QED) is 0.445. The van der Waals surface area contributed by atoms with Crippen molar-refractivity contribution < 1.29 is 9.50 Å². The van der Waals surface area contributed by atoms with Crippen molar-refractivity contribution in [1.82, 2.24) is 4.98 Å². The van der Waals surface area contributed by atoms with Crippen molar-refractivity contribution in [2.75, 3.05) is 0 Å². The highest BCUT2D eigenvalue weighted by Crippen LogP contribution is 2.37. The third-order valence-corrected chi connectivity index (χ3v) is 4.12. The summed E-state index contributed by atoms with van der Waals surface area (Å²) >= 11 is 0. The molecule has 1 aromatic heterocycles. The summed E-state index contributed by atoms with van der Waals surface area (Å²) in [5.74, 6) is -0.635. The van der Waals surface area contributed by atoms with Gasteiger partial charge in [-0.25, -0.2) is 4.39 Å². The van der Waals surface area contributed by atoms with E-state index in [0.29, 0.717) is 24.1 Å². The molecular formula is C17H18FN5O. The Kier molecular flexibility index (Phi) is 4.16. The number of fused-ring (bicyclic) bond motifs is 1. The lowest BCUT2D eigenvalue weighted by molar-refractivity contribution is 0.456. The lowest BCUT2D eigenvalue weighted by Gasteiger charge is -2.26. The molecule has 1 aliphatic carbocycles. The maximum Gasteiger partial charge on any atom is 0.211 e. The highest BCUT2D eigenvalue weighted by Gasteiger charge is 2.29. The lowest BCUT2D eigenvalue weighted by atomic mass is 9.79. The molecule has 1 aliphatic rings. The number of nitrogens with zero attached hydrogens (tertiary/aromatic N) is 3. The zero-order chi connectivity index (χ0) is 17.3. The topological polar surface area (TPSA) is 110 Å². The summed E-state index contributed by atoms with van der Waals surface area (Å²) in [6.07, 6.45) is 2.78. The van der Waals surface area contributed by atoms with Crippen molar-refractivity contribution in [2.45, 2.75) is 25.7 Å². The molecule has 0 bridgehead atoms. The molecule has 1 atom stereocenters. The summed E-state index contributed by atoms with van der Waals surface area (Å²) < 4.78 is 13.6. The molecule has 5 N–H and O–H groups in total. The van der Waals surface area contributed by atoms with E-state index in [4.69, 9.17) is 11.5 Å². The smallest absolute Gasteiger partial charge is 0.211 e. The average molecular weight is 327 g/mol. The fourth-order valence-electron chi connectivity index (χ4n) is 3.09. The van der Waals surface area contributed by atoms with Crippen LogP contribution in [0.25, 0.3) is 0 Å². The number of benzene rings is 1. The number of halogens is 1. The van der Waals surface area contributed by atoms with Gasteiger partial charge in [-0.05, 0) is 55.5 Å². The van der Waals surface area contributed by atoms with Crippen molar-refractivity contribution >= 4 is 11.7 Å². The van der Waals surface area contributed by atoms with Crippen LogP contribution >= 0.6 is 0 Å². The minimum absolute atomic E-state index is 0.0543. The Balaban J connectivity index is 2.10. The number of nitrogens with two attached hydrogens (primary N) is 2. The van der Waals surface area contributed by atoms with Crippen LogP contribution < -0.4 is 11.5 Å². The van der Waals surface area contributed by atoms with E-state index in [1.165, 1.54) is 18.2 Å². The van der Waals surface area contributed by atoms with Gasteiger partial charge in [-0.15, -0.1) is 5.10 Å². The van der Waals surface area contributed by atoms with E-state index in [1.807, 2.05) is 13.0 Å². The normalized spacial score (nSPS) is 18.2. The molecule has 0 fully saturated rings. The first-order valence-corrected chi connectivity index (χ1v) is 7.54. The first kappa shape index (κ1) is 15.9. The molecule has 1 unspecified atom stereocenters. The number of aromatic nitrogens is 1. The summed E-state index contributed by atoms with van der Waals surface area (Å²) in [6, 6.07) is 5.83. The van der Waals surface area contributed by atoms with E-state index in [0.717, 1.165) is 16.8 Å². The largest absolute Gasteiger partial charge is 0.508 e. The third-order valence-electron chi connectivity index (χ3n) is 4.12. The Labute approximate surface area is 138 Å². The monoisotopic (exact) mass is 327 g/mol. The molecule has 1 aromatic carbocycles. The first-order chi connectivity index (χ1) is 11.5. The molecule has 24 heavy (non-hydrogen) atoms. The summed E-state index contributed by atoms with van der Waals surface area (Å²) in [5.41, 5.74) is 14.7. The van der Waals surface area contributed by atoms with Gasteiger partial charge in [-0.1, -0.05) is 0 Å². The Morgan fingerprint density at radius 1 is 1.29 bits per heavy atom. The summed E-state index contributed by atoms with van der Waals surface area (Å²) in [4.78, 5) is 4.42. The summed E-state index contributed by atoms with van der Waals surface area (Å²) in [5, 5.41) is 18.0. The van der Waals surface area contributed by atoms with Crippen LogP contribution in [0.15, 0.2) is 40.7 Å². The van der Waals surface area contributed by atoms with Gasteiger partial charge in [0, 0.05) is 17.3 Å². The molecule has 0 radical (unpaired) electrons. The van der Waals surface area contributed by atoms with E-state index in [-0.39, 0.29) is 17.6 Å². The van der Waals surface area contributed by atoms with Crippen molar-refractivity contribution in [2.24, 2.45) is 21.7 Å². The Morgan fingerprint density at radius 2 is 2.08 bits per heavy atom. The fraction of sp³-hybridized carbons (Fsp3) is 0.235. The van der Waals surface area contributed by atoms with Gasteiger partial charge in [0.15, 0.2) is 0 Å². The van der Waals surface area contributed by atoms with Gasteiger partial charge < -0.3 is 16.6 Å². The molecule has 0 aliphatic heterocycles. The zero-order valence-electron chi connectivity index (χ0n) is 13.2. The minimum Gasteiger partial charge on any atom is -0.508 e. The second-order valence-electron chi connectivity index (χ2n) is 5.83. The molecule has 0 amide bonds. The zero-order valence-corrected chi connectivity index (χ0v) is 13.2. The number of hydrogen-bond donors (Lipinski definition) is 3. The number of phenols is 1. The van der Waals surface area contributed by atoms with E-state index in [2.05, 4.69) is 15.2 Å². The molecule has 124 valence electrons. The predicted molar refractivity (Wildman–Crippen MR) is 90.4 cm³/mol. The number of rotatable bonds is 2. The van der Waals surface area contributed by atoms with E-state index < -0.39 is 5.82 Å². The van der Waals surface area contributed by atoms with Crippen LogP contribution in [0, 0.1) is 12.7 Å². The Hall–Kier alpha value is -2.96. The maximum absolute atomic E-state index is 13.6. The van der Waals surface area contributed by atoms with Gasteiger partial charge in [0.25, 0.3) is 0 Å². The van der Waals surface area contributed by atoms with Gasteiger partial charge in [-0.3, -0.25) is 4.98 Å². The number of pyridine rings is 1. The van der Waals surface area contributed by atoms with E-state index >= 15 is 0 Å². The number of guanidine groups is 1. The van der Waals surface area contributed by atoms with Crippen LogP contribution in [-0.4, -0.2) is 21.8 Å². The summed E-state index contributed by atoms with van der Waals surface area (Å²) in [6.45, 7) is 1.96. The molecule has 2 aromatic rings. The van der Waals surface area contributed by atoms with Crippen LogP contribution in [0.3, 0.4) is 0 Å². The molecule has 0 saturated heterocycles. The van der Waals surface area contributed by atoms with Crippen LogP contribution in [0.5, 0.6) is 5.75 Å². The van der Waals surface area contributed by atoms with Gasteiger partial charge in [0.2, 0.25) is 5.96 Å². The van der Waals surface area contributed by atoms with E-state index in [9.17, 15) is 9.50 Å². The van der Waals surface area contributed by atoms with Crippen molar-refractivity contribution in [3.8, 4) is 5.75 Å². The number of aryl methyl sites for hydroxylation is 1. The van der Waals surface area contributed by atoms with Gasteiger partial charge >= 0.3 is 0 Å². The van der Waals surface area contributed by atoms with Gasteiger partial charge in [0.1, 0.15) is 11.6 Å². The number of aromatic hydroxyl groups is 1. The standard InChI is InChI=1S/C17H18FN5O/c1-9-4-5-21-13-6-10(12-8-11(18)2-3-15(12)24)7-14(16(9)13)22-23-17(19)20/h2-5,8,10,24H,6-7H2,1H3,(H4,19,20,23). The fourth-order valence-corrected chi connectivity index (χ4v) is 3.09. The van der Waals surface area contributed by atoms with Crippen molar-refractivity contribution in [3.05, 3.63) is 58.7 Å². The molecule has 0 spiro atoms. The van der Waals surface area contributed by atoms with Crippen LogP contribution in [-0.2, 0) is 6.42 Å². The summed E-state index contributed by atoms with van der Waals surface area (Å²) in [7, 11) is 0. The molecule has 7 heteroatoms. The lowest BCUT2D eigenvalue weighted by Crippen LogP contribution is -2.24. The highest BCUT2D eigenvalue weighted by atomic mass is 19.1. The first-order valence-electron chi connectivity index (χ1n) is 7.54. The predicted octanol–water partition coefficient (Wildman–Crippen LogP) is 1.94. The van der Waals surface area contributed by atoms with Gasteiger partial charge in [0.05, 0.1) is 11.4 Å². The number of phenolic OH excluding ortho intramolecular Hbond substituents is 1. The maximum atomic E-state index is 13.6. The van der Waals surface area contributed by atoms with E-state index in [1.54, 1.807) is 6.20 Å². The molecule has 3 rings (SSSR count). The van der Waals surface area contributed by atoms with Crippen LogP contribution in [0.2, 0.25) is 0 Å². The molecule has 6 nitrogen and oxygen atoms in total. The second kappa shape index (κ2) is 6.27. The minimum atomic E-state index is -0.395. The molecular weight excluding hydrogens is 309 g/mol. The molecule has 0 saturated carbocycles. The third kappa shape index (κ3) is 3.05. The van der Waals surface area contributed by atoms with Crippen LogP contribution in [0.1, 0.15) is 34.7 Å². The number of hydrogen-bond acceptors (Lipinski definition) is 4. The van der Waals surface area contributed by atoms with Crippen molar-refractivity contribution in [3.63, 3.8) is 0 Å². The SMILES string of the molecule is Cc1ccnc2c1C(=NN=C(N)N)CC(c1cc(F)ccc1O)C2. The Bertz CT molecular complexity index is 843. The van der Waals surface area contributed by atoms with Crippen LogP contribution in [0.4, 0.5) is 4.39 Å². The molecule has 1 heterocycles. The van der Waals surface area contributed by atoms with Gasteiger partial charge in [-0.2, -0.15) is 5.10 Å². The Morgan fingerprint density at radius 3 is 2.83 bits per heavy atom. The highest BCUT2D eigenvalue weighted by molar-refractivity contribution is 6.04. The second-order valence-corrected chi connectivity index (χ2v) is 5.83. The van der Waals surface area contributed by atoms with Crippen molar-refractivity contribution in [1.29, 1.82) is 0 Å². The average Bonchev–Trinajstić information content (AvgIpc) is 2.54.